The van der Waals surface area contributed by atoms with Crippen LogP contribution in [0.25, 0.3) is 0 Å². The van der Waals surface area contributed by atoms with Crippen LogP contribution in [0.4, 0.5) is 0 Å². The van der Waals surface area contributed by atoms with E-state index in [1.54, 1.807) is 0 Å². The molecular formula is C14H17NO2. The Hall–Kier alpha value is -1.51. The lowest BCUT2D eigenvalue weighted by molar-refractivity contribution is 0.0944. The molecule has 3 heteroatoms. The molecule has 0 bridgehead atoms. The van der Waals surface area contributed by atoms with E-state index in [0.29, 0.717) is 6.10 Å². The van der Waals surface area contributed by atoms with E-state index in [2.05, 4.69) is 5.32 Å². The summed E-state index contributed by atoms with van der Waals surface area (Å²) in [7, 11) is 0. The number of carbonyl (C=O) groups is 1. The fourth-order valence-electron chi connectivity index (χ4n) is 2.73. The summed E-state index contributed by atoms with van der Waals surface area (Å²) in [6.45, 7) is 0.719. The Bertz CT molecular complexity index is 436. The molecule has 0 spiro atoms. The number of hydrogen-bond acceptors (Lipinski definition) is 2. The van der Waals surface area contributed by atoms with Gasteiger partial charge >= 0.3 is 0 Å². The molecule has 0 atom stereocenters. The van der Waals surface area contributed by atoms with E-state index in [0.717, 1.165) is 42.7 Å². The van der Waals surface area contributed by atoms with Crippen molar-refractivity contribution in [3.63, 3.8) is 0 Å². The normalized spacial score (nSPS) is 19.9. The van der Waals surface area contributed by atoms with Crippen molar-refractivity contribution in [2.24, 2.45) is 0 Å². The van der Waals surface area contributed by atoms with E-state index in [9.17, 15) is 4.79 Å². The zero-order valence-corrected chi connectivity index (χ0v) is 9.87. The first-order valence-corrected chi connectivity index (χ1v) is 6.41. The third kappa shape index (κ3) is 2.02. The number of nitrogens with one attached hydrogen (secondary N) is 1. The molecule has 1 heterocycles. The lowest BCUT2D eigenvalue weighted by Gasteiger charge is -2.22. The van der Waals surface area contributed by atoms with E-state index in [4.69, 9.17) is 4.74 Å². The smallest absolute Gasteiger partial charge is 0.251 e. The lowest BCUT2D eigenvalue weighted by atomic mass is 9.99. The topological polar surface area (TPSA) is 38.3 Å². The second-order valence-electron chi connectivity index (χ2n) is 4.81. The fraction of sp³-hybridized carbons (Fsp3) is 0.500. The van der Waals surface area contributed by atoms with Gasteiger partial charge in [-0.15, -0.1) is 0 Å². The molecule has 0 radical (unpaired) electrons. The molecule has 2 aliphatic rings. The molecule has 1 aromatic carbocycles. The molecule has 1 saturated carbocycles. The van der Waals surface area contributed by atoms with Crippen LogP contribution in [0.2, 0.25) is 0 Å². The zero-order valence-electron chi connectivity index (χ0n) is 9.87. The maximum Gasteiger partial charge on any atom is 0.251 e. The van der Waals surface area contributed by atoms with Gasteiger partial charge in [0.2, 0.25) is 0 Å². The summed E-state index contributed by atoms with van der Waals surface area (Å²) in [6.07, 6.45) is 6.06. The quantitative estimate of drug-likeness (QED) is 0.848. The molecule has 90 valence electrons. The molecule has 3 nitrogen and oxygen atoms in total. The summed E-state index contributed by atoms with van der Waals surface area (Å²) in [5, 5.41) is 2.86. The number of rotatable bonds is 2. The van der Waals surface area contributed by atoms with Crippen LogP contribution in [0.5, 0.6) is 5.75 Å². The van der Waals surface area contributed by atoms with Crippen LogP contribution in [0, 0.1) is 0 Å². The standard InChI is InChI=1S/C14H17NO2/c16-14-12-6-3-7-13(11(12)8-9-15-14)17-10-4-1-2-5-10/h3,6-7,10H,1-2,4-5,8-9H2,(H,15,16). The predicted molar refractivity (Wildman–Crippen MR) is 65.4 cm³/mol. The lowest BCUT2D eigenvalue weighted by Crippen LogP contribution is -2.32. The molecule has 0 aromatic heterocycles. The van der Waals surface area contributed by atoms with Crippen LogP contribution >= 0.6 is 0 Å². The minimum absolute atomic E-state index is 0.0307. The van der Waals surface area contributed by atoms with Crippen molar-refractivity contribution < 1.29 is 9.53 Å². The van der Waals surface area contributed by atoms with Gasteiger partial charge in [-0.3, -0.25) is 4.79 Å². The third-order valence-electron chi connectivity index (χ3n) is 3.63. The average molecular weight is 231 g/mol. The summed E-state index contributed by atoms with van der Waals surface area (Å²) >= 11 is 0. The Morgan fingerprint density at radius 1 is 1.24 bits per heavy atom. The molecule has 1 aliphatic carbocycles. The fourth-order valence-corrected chi connectivity index (χ4v) is 2.73. The molecule has 0 unspecified atom stereocenters. The Morgan fingerprint density at radius 3 is 2.88 bits per heavy atom. The van der Waals surface area contributed by atoms with Crippen molar-refractivity contribution in [3.8, 4) is 5.75 Å². The first kappa shape index (κ1) is 10.6. The monoisotopic (exact) mass is 231 g/mol. The van der Waals surface area contributed by atoms with Crippen LogP contribution in [0.1, 0.15) is 41.6 Å². The van der Waals surface area contributed by atoms with Gasteiger partial charge in [0.05, 0.1) is 6.10 Å². The average Bonchev–Trinajstić information content (AvgIpc) is 2.83. The van der Waals surface area contributed by atoms with Gasteiger partial charge in [0.1, 0.15) is 5.75 Å². The van der Waals surface area contributed by atoms with Gasteiger partial charge in [0.15, 0.2) is 0 Å². The third-order valence-corrected chi connectivity index (χ3v) is 3.63. The highest BCUT2D eigenvalue weighted by Crippen LogP contribution is 2.29. The van der Waals surface area contributed by atoms with Crippen molar-refractivity contribution in [1.29, 1.82) is 0 Å². The van der Waals surface area contributed by atoms with Crippen molar-refractivity contribution >= 4 is 5.91 Å². The Kier molecular flexibility index (Phi) is 2.75. The second-order valence-corrected chi connectivity index (χ2v) is 4.81. The first-order chi connectivity index (χ1) is 8.34. The predicted octanol–water partition coefficient (Wildman–Crippen LogP) is 2.29. The first-order valence-electron chi connectivity index (χ1n) is 6.41. The van der Waals surface area contributed by atoms with Gasteiger partial charge in [-0.1, -0.05) is 6.07 Å². The van der Waals surface area contributed by atoms with Crippen LogP contribution in [-0.4, -0.2) is 18.6 Å². The second kappa shape index (κ2) is 4.40. The van der Waals surface area contributed by atoms with E-state index < -0.39 is 0 Å². The van der Waals surface area contributed by atoms with E-state index in [1.165, 1.54) is 12.8 Å². The SMILES string of the molecule is O=C1NCCc2c(OC3CCCC3)cccc21. The number of hydrogen-bond donors (Lipinski definition) is 1. The Balaban J connectivity index is 1.88. The van der Waals surface area contributed by atoms with Crippen molar-refractivity contribution in [2.75, 3.05) is 6.54 Å². The maximum absolute atomic E-state index is 11.7. The van der Waals surface area contributed by atoms with Gasteiger partial charge < -0.3 is 10.1 Å². The highest BCUT2D eigenvalue weighted by Gasteiger charge is 2.22. The summed E-state index contributed by atoms with van der Waals surface area (Å²) in [5.41, 5.74) is 1.87. The van der Waals surface area contributed by atoms with Gasteiger partial charge in [0, 0.05) is 17.7 Å². The highest BCUT2D eigenvalue weighted by atomic mass is 16.5. The maximum atomic E-state index is 11.7. The van der Waals surface area contributed by atoms with Crippen molar-refractivity contribution in [1.82, 2.24) is 5.32 Å². The van der Waals surface area contributed by atoms with E-state index >= 15 is 0 Å². The zero-order chi connectivity index (χ0) is 11.7. The van der Waals surface area contributed by atoms with E-state index in [1.807, 2.05) is 18.2 Å². The van der Waals surface area contributed by atoms with Gasteiger partial charge in [-0.25, -0.2) is 0 Å². The van der Waals surface area contributed by atoms with Gasteiger partial charge in [0.25, 0.3) is 5.91 Å². The molecule has 1 aromatic rings. The highest BCUT2D eigenvalue weighted by molar-refractivity contribution is 5.97. The molecule has 1 aliphatic heterocycles. The minimum atomic E-state index is 0.0307. The summed E-state index contributed by atoms with van der Waals surface area (Å²) in [4.78, 5) is 11.7. The van der Waals surface area contributed by atoms with Crippen LogP contribution in [0.3, 0.4) is 0 Å². The summed E-state index contributed by atoms with van der Waals surface area (Å²) in [5.74, 6) is 0.951. The number of benzene rings is 1. The van der Waals surface area contributed by atoms with E-state index in [-0.39, 0.29) is 5.91 Å². The number of ether oxygens (including phenoxy) is 1. The summed E-state index contributed by atoms with van der Waals surface area (Å²) < 4.78 is 6.04. The number of amides is 1. The largest absolute Gasteiger partial charge is 0.490 e. The Labute approximate surface area is 101 Å². The van der Waals surface area contributed by atoms with Crippen molar-refractivity contribution in [3.05, 3.63) is 29.3 Å². The van der Waals surface area contributed by atoms with Crippen LogP contribution in [0.15, 0.2) is 18.2 Å². The minimum Gasteiger partial charge on any atom is -0.490 e. The number of fused-ring (bicyclic) bond motifs is 1. The summed E-state index contributed by atoms with van der Waals surface area (Å²) in [6, 6.07) is 5.79. The Morgan fingerprint density at radius 2 is 2.06 bits per heavy atom. The molecule has 0 saturated heterocycles. The van der Waals surface area contributed by atoms with Gasteiger partial charge in [-0.05, 0) is 44.2 Å². The van der Waals surface area contributed by atoms with Gasteiger partial charge in [-0.2, -0.15) is 0 Å². The van der Waals surface area contributed by atoms with Crippen LogP contribution in [-0.2, 0) is 6.42 Å². The van der Waals surface area contributed by atoms with Crippen LogP contribution < -0.4 is 10.1 Å². The number of carbonyl (C=O) groups excluding carboxylic acids is 1. The molecule has 3 rings (SSSR count). The van der Waals surface area contributed by atoms with Crippen molar-refractivity contribution in [2.45, 2.75) is 38.2 Å². The molecule has 1 amide bonds. The molecular weight excluding hydrogens is 214 g/mol. The molecule has 1 fully saturated rings. The molecule has 1 N–H and O–H groups in total. The molecule has 17 heavy (non-hydrogen) atoms.